The van der Waals surface area contributed by atoms with E-state index >= 15 is 0 Å². The van der Waals surface area contributed by atoms with Crippen LogP contribution < -0.4 is 14.8 Å². The molecule has 1 N–H and O–H groups in total. The summed E-state index contributed by atoms with van der Waals surface area (Å²) >= 11 is 0. The van der Waals surface area contributed by atoms with Crippen molar-refractivity contribution in [1.29, 1.82) is 0 Å². The normalized spacial score (nSPS) is 20.4. The van der Waals surface area contributed by atoms with Crippen molar-refractivity contribution in [2.45, 2.75) is 44.2 Å². The lowest BCUT2D eigenvalue weighted by Gasteiger charge is -2.30. The van der Waals surface area contributed by atoms with Crippen LogP contribution in [0.25, 0.3) is 0 Å². The van der Waals surface area contributed by atoms with Gasteiger partial charge in [-0.25, -0.2) is 4.79 Å². The maximum Gasteiger partial charge on any atom is 0.325 e. The topological polar surface area (TPSA) is 88.2 Å². The molecule has 0 unspecified atom stereocenters. The molecular formula is C20H25N3O5. The van der Waals surface area contributed by atoms with E-state index in [1.165, 1.54) is 0 Å². The molecule has 2 fully saturated rings. The molecule has 0 radical (unpaired) electrons. The molecule has 4 amide bonds. The molecule has 0 atom stereocenters. The molecule has 3 aliphatic rings. The zero-order valence-corrected chi connectivity index (χ0v) is 16.2. The summed E-state index contributed by atoms with van der Waals surface area (Å²) < 4.78 is 10.7. The number of fused-ring (bicyclic) bond motifs is 1. The van der Waals surface area contributed by atoms with E-state index < -0.39 is 11.6 Å². The molecule has 0 aromatic heterocycles. The van der Waals surface area contributed by atoms with Crippen LogP contribution in [-0.2, 0) is 22.6 Å². The number of amides is 4. The van der Waals surface area contributed by atoms with Crippen molar-refractivity contribution >= 4 is 17.8 Å². The third-order valence-electron chi connectivity index (χ3n) is 6.07. The average molecular weight is 387 g/mol. The van der Waals surface area contributed by atoms with Gasteiger partial charge in [0.1, 0.15) is 12.1 Å². The van der Waals surface area contributed by atoms with Crippen LogP contribution in [0.2, 0.25) is 0 Å². The van der Waals surface area contributed by atoms with Gasteiger partial charge in [-0.05, 0) is 42.5 Å². The first-order valence-electron chi connectivity index (χ1n) is 9.63. The van der Waals surface area contributed by atoms with Crippen LogP contribution in [0.15, 0.2) is 12.1 Å². The van der Waals surface area contributed by atoms with E-state index in [1.807, 2.05) is 12.1 Å². The zero-order chi connectivity index (χ0) is 19.9. The Morgan fingerprint density at radius 3 is 2.39 bits per heavy atom. The number of rotatable bonds is 4. The molecular weight excluding hydrogens is 362 g/mol. The predicted molar refractivity (Wildman–Crippen MR) is 100 cm³/mol. The highest BCUT2D eigenvalue weighted by Crippen LogP contribution is 2.36. The number of nitrogens with zero attached hydrogens (tertiary/aromatic N) is 2. The van der Waals surface area contributed by atoms with Gasteiger partial charge in [0, 0.05) is 13.1 Å². The Hall–Kier alpha value is -2.77. The van der Waals surface area contributed by atoms with Crippen LogP contribution >= 0.6 is 0 Å². The fraction of sp³-hybridized carbons (Fsp3) is 0.550. The summed E-state index contributed by atoms with van der Waals surface area (Å²) in [6, 6.07) is 3.37. The van der Waals surface area contributed by atoms with E-state index in [-0.39, 0.29) is 18.4 Å². The molecule has 28 heavy (non-hydrogen) atoms. The number of hydrogen-bond acceptors (Lipinski definition) is 5. The number of carbonyl (C=O) groups is 3. The van der Waals surface area contributed by atoms with Gasteiger partial charge in [-0.1, -0.05) is 12.8 Å². The smallest absolute Gasteiger partial charge is 0.325 e. The molecule has 8 nitrogen and oxygen atoms in total. The van der Waals surface area contributed by atoms with Crippen LogP contribution in [0.5, 0.6) is 11.5 Å². The van der Waals surface area contributed by atoms with Gasteiger partial charge in [0.05, 0.1) is 14.2 Å². The molecule has 1 aromatic carbocycles. The Morgan fingerprint density at radius 1 is 1.11 bits per heavy atom. The fourth-order valence-corrected chi connectivity index (χ4v) is 4.47. The number of urea groups is 1. The summed E-state index contributed by atoms with van der Waals surface area (Å²) in [5, 5.41) is 2.82. The van der Waals surface area contributed by atoms with Gasteiger partial charge in [0.2, 0.25) is 5.91 Å². The summed E-state index contributed by atoms with van der Waals surface area (Å²) in [4.78, 5) is 40.7. The lowest BCUT2D eigenvalue weighted by atomic mass is 9.98. The summed E-state index contributed by atoms with van der Waals surface area (Å²) in [7, 11) is 3.17. The molecule has 2 heterocycles. The first kappa shape index (κ1) is 18.6. The van der Waals surface area contributed by atoms with Crippen molar-refractivity contribution in [3.63, 3.8) is 0 Å². The monoisotopic (exact) mass is 387 g/mol. The van der Waals surface area contributed by atoms with E-state index in [0.29, 0.717) is 43.9 Å². The summed E-state index contributed by atoms with van der Waals surface area (Å²) in [5.41, 5.74) is 1.32. The van der Waals surface area contributed by atoms with Gasteiger partial charge in [-0.3, -0.25) is 14.5 Å². The van der Waals surface area contributed by atoms with Crippen LogP contribution in [-0.4, -0.2) is 60.5 Å². The minimum Gasteiger partial charge on any atom is -0.493 e. The van der Waals surface area contributed by atoms with E-state index in [9.17, 15) is 14.4 Å². The van der Waals surface area contributed by atoms with Crippen molar-refractivity contribution in [1.82, 2.24) is 15.1 Å². The summed E-state index contributed by atoms with van der Waals surface area (Å²) in [5.74, 6) is 0.807. The second-order valence-corrected chi connectivity index (χ2v) is 7.65. The molecule has 8 heteroatoms. The Bertz CT molecular complexity index is 831. The molecule has 150 valence electrons. The van der Waals surface area contributed by atoms with Crippen molar-refractivity contribution < 1.29 is 23.9 Å². The number of carbonyl (C=O) groups excluding carboxylic acids is 3. The number of methoxy groups -OCH3 is 2. The van der Waals surface area contributed by atoms with Crippen molar-refractivity contribution in [2.75, 3.05) is 27.3 Å². The predicted octanol–water partition coefficient (Wildman–Crippen LogP) is 1.45. The van der Waals surface area contributed by atoms with Crippen molar-refractivity contribution in [3.8, 4) is 11.5 Å². The maximum absolute atomic E-state index is 12.8. The highest BCUT2D eigenvalue weighted by molar-refractivity contribution is 6.09. The lowest BCUT2D eigenvalue weighted by Crippen LogP contribution is -2.46. The number of ether oxygens (including phenoxy) is 2. The van der Waals surface area contributed by atoms with Gasteiger partial charge in [0.25, 0.3) is 5.91 Å². The molecule has 0 bridgehead atoms. The zero-order valence-electron chi connectivity index (χ0n) is 16.2. The van der Waals surface area contributed by atoms with Gasteiger partial charge in [0.15, 0.2) is 11.5 Å². The quantitative estimate of drug-likeness (QED) is 0.790. The van der Waals surface area contributed by atoms with E-state index in [0.717, 1.165) is 28.9 Å². The molecule has 1 aliphatic carbocycles. The van der Waals surface area contributed by atoms with E-state index in [2.05, 4.69) is 5.32 Å². The molecule has 1 saturated carbocycles. The molecule has 1 saturated heterocycles. The third-order valence-corrected chi connectivity index (χ3v) is 6.07. The summed E-state index contributed by atoms with van der Waals surface area (Å²) in [6.45, 7) is 0.745. The minimum absolute atomic E-state index is 0.213. The van der Waals surface area contributed by atoms with Crippen LogP contribution in [0, 0.1) is 0 Å². The van der Waals surface area contributed by atoms with Crippen LogP contribution in [0.4, 0.5) is 4.79 Å². The number of benzene rings is 1. The highest BCUT2D eigenvalue weighted by Gasteiger charge is 2.52. The second-order valence-electron chi connectivity index (χ2n) is 7.65. The minimum atomic E-state index is -0.782. The van der Waals surface area contributed by atoms with Crippen molar-refractivity contribution in [3.05, 3.63) is 23.3 Å². The van der Waals surface area contributed by atoms with E-state index in [4.69, 9.17) is 9.47 Å². The lowest BCUT2D eigenvalue weighted by molar-refractivity contribution is -0.139. The van der Waals surface area contributed by atoms with Gasteiger partial charge >= 0.3 is 6.03 Å². The SMILES string of the molecule is COc1cc2c(cc1OC)CN(C(=O)CN1C(=O)NC3(CCCC3)C1=O)CC2. The van der Waals surface area contributed by atoms with Crippen molar-refractivity contribution in [2.24, 2.45) is 0 Å². The Morgan fingerprint density at radius 2 is 1.75 bits per heavy atom. The highest BCUT2D eigenvalue weighted by atomic mass is 16.5. The van der Waals surface area contributed by atoms with Gasteiger partial charge in [-0.15, -0.1) is 0 Å². The first-order valence-corrected chi connectivity index (χ1v) is 9.63. The molecule has 4 rings (SSSR count). The Labute approximate surface area is 163 Å². The largest absolute Gasteiger partial charge is 0.493 e. The molecule has 1 aromatic rings. The first-order chi connectivity index (χ1) is 13.5. The average Bonchev–Trinajstić information content (AvgIpc) is 3.26. The van der Waals surface area contributed by atoms with Crippen LogP contribution in [0.1, 0.15) is 36.8 Å². The standard InChI is InChI=1S/C20H25N3O5/c1-27-15-9-13-5-8-22(11-14(13)10-16(15)28-2)17(24)12-23-18(25)20(21-19(23)26)6-3-4-7-20/h9-10H,3-8,11-12H2,1-2H3,(H,21,26). The summed E-state index contributed by atoms with van der Waals surface area (Å²) in [6.07, 6.45) is 3.83. The second kappa shape index (κ2) is 7.00. The van der Waals surface area contributed by atoms with Gasteiger partial charge in [-0.2, -0.15) is 0 Å². The van der Waals surface area contributed by atoms with Crippen LogP contribution in [0.3, 0.4) is 0 Å². The van der Waals surface area contributed by atoms with Gasteiger partial charge < -0.3 is 19.7 Å². The Balaban J connectivity index is 1.47. The number of hydrogen-bond donors (Lipinski definition) is 1. The fourth-order valence-electron chi connectivity index (χ4n) is 4.47. The molecule has 2 aliphatic heterocycles. The Kier molecular flexibility index (Phi) is 4.64. The number of nitrogens with one attached hydrogen (secondary N) is 1. The molecule has 1 spiro atoms. The maximum atomic E-state index is 12.8. The number of imide groups is 1. The third kappa shape index (κ3) is 2.96. The van der Waals surface area contributed by atoms with E-state index in [1.54, 1.807) is 19.1 Å².